The third kappa shape index (κ3) is 2.49. The van der Waals surface area contributed by atoms with Crippen LogP contribution in [-0.4, -0.2) is 39.7 Å². The summed E-state index contributed by atoms with van der Waals surface area (Å²) in [6, 6.07) is 2.75. The standard InChI is InChI=1S/C13H14N2O4S/c1-8(12(17)19-3)15-11(16)10(20-13(15)18)7-9-5-4-6-14(9)2/h4-8H,1-3H3/b10-7+. The first-order chi connectivity index (χ1) is 9.45. The molecule has 0 spiro atoms. The molecule has 0 N–H and O–H groups in total. The van der Waals surface area contributed by atoms with Crippen LogP contribution < -0.4 is 0 Å². The van der Waals surface area contributed by atoms with E-state index in [4.69, 9.17) is 0 Å². The number of carbonyl (C=O) groups excluding carboxylic acids is 3. The Hall–Kier alpha value is -2.02. The highest BCUT2D eigenvalue weighted by Gasteiger charge is 2.41. The van der Waals surface area contributed by atoms with Gasteiger partial charge in [-0.15, -0.1) is 0 Å². The molecule has 0 aromatic carbocycles. The highest BCUT2D eigenvalue weighted by molar-refractivity contribution is 8.18. The minimum Gasteiger partial charge on any atom is -0.467 e. The van der Waals surface area contributed by atoms with Crippen molar-refractivity contribution in [3.05, 3.63) is 28.9 Å². The Labute approximate surface area is 120 Å². The van der Waals surface area contributed by atoms with Gasteiger partial charge in [-0.05, 0) is 36.9 Å². The summed E-state index contributed by atoms with van der Waals surface area (Å²) in [5, 5.41) is -0.464. The SMILES string of the molecule is COC(=O)C(C)N1C(=O)S/C(=C/c2cccn2C)C1=O. The lowest BCUT2D eigenvalue weighted by Gasteiger charge is -2.18. The normalized spacial score (nSPS) is 18.8. The number of aromatic nitrogens is 1. The van der Waals surface area contributed by atoms with E-state index in [-0.39, 0.29) is 0 Å². The molecule has 1 aromatic heterocycles. The zero-order chi connectivity index (χ0) is 14.9. The molecule has 1 aliphatic rings. The number of hydrogen-bond acceptors (Lipinski definition) is 5. The number of amides is 2. The molecule has 106 valence electrons. The molecule has 1 aromatic rings. The van der Waals surface area contributed by atoms with Crippen LogP contribution in [0.1, 0.15) is 12.6 Å². The van der Waals surface area contributed by atoms with Crippen LogP contribution in [0.15, 0.2) is 23.2 Å². The van der Waals surface area contributed by atoms with Crippen molar-refractivity contribution in [3.63, 3.8) is 0 Å². The van der Waals surface area contributed by atoms with Gasteiger partial charge in [-0.3, -0.25) is 14.5 Å². The summed E-state index contributed by atoms with van der Waals surface area (Å²) >= 11 is 0.822. The summed E-state index contributed by atoms with van der Waals surface area (Å²) in [7, 11) is 3.06. The molecule has 0 saturated carbocycles. The van der Waals surface area contributed by atoms with E-state index in [0.29, 0.717) is 4.91 Å². The fraction of sp³-hybridized carbons (Fsp3) is 0.308. The maximum absolute atomic E-state index is 12.2. The molecule has 1 aliphatic heterocycles. The highest BCUT2D eigenvalue weighted by atomic mass is 32.2. The largest absolute Gasteiger partial charge is 0.467 e. The van der Waals surface area contributed by atoms with Gasteiger partial charge in [0, 0.05) is 18.9 Å². The van der Waals surface area contributed by atoms with Crippen LogP contribution in [0.5, 0.6) is 0 Å². The van der Waals surface area contributed by atoms with E-state index in [1.807, 2.05) is 29.9 Å². The smallest absolute Gasteiger partial charge is 0.328 e. The average molecular weight is 294 g/mol. The van der Waals surface area contributed by atoms with Gasteiger partial charge in [0.1, 0.15) is 6.04 Å². The molecular formula is C13H14N2O4S. The summed E-state index contributed by atoms with van der Waals surface area (Å²) in [6.45, 7) is 1.47. The van der Waals surface area contributed by atoms with Gasteiger partial charge in [-0.2, -0.15) is 0 Å². The Bertz CT molecular complexity index is 605. The van der Waals surface area contributed by atoms with Gasteiger partial charge in [0.25, 0.3) is 11.1 Å². The number of aryl methyl sites for hydroxylation is 1. The van der Waals surface area contributed by atoms with Crippen LogP contribution in [0.25, 0.3) is 6.08 Å². The number of imide groups is 1. The van der Waals surface area contributed by atoms with Crippen LogP contribution >= 0.6 is 11.8 Å². The first-order valence-electron chi connectivity index (χ1n) is 5.92. The number of nitrogens with zero attached hydrogens (tertiary/aromatic N) is 2. The highest BCUT2D eigenvalue weighted by Crippen LogP contribution is 2.33. The second kappa shape index (κ2) is 5.54. The van der Waals surface area contributed by atoms with Crippen LogP contribution in [0.3, 0.4) is 0 Å². The zero-order valence-electron chi connectivity index (χ0n) is 11.3. The summed E-state index contributed by atoms with van der Waals surface area (Å²) in [6.07, 6.45) is 3.47. The van der Waals surface area contributed by atoms with Gasteiger partial charge < -0.3 is 9.30 Å². The molecular weight excluding hydrogens is 280 g/mol. The van der Waals surface area contributed by atoms with Crippen molar-refractivity contribution in [2.24, 2.45) is 7.05 Å². The third-order valence-electron chi connectivity index (χ3n) is 3.02. The minimum atomic E-state index is -0.924. The van der Waals surface area contributed by atoms with Crippen molar-refractivity contribution < 1.29 is 19.1 Å². The molecule has 7 heteroatoms. The molecule has 1 fully saturated rings. The molecule has 20 heavy (non-hydrogen) atoms. The van der Waals surface area contributed by atoms with E-state index in [2.05, 4.69) is 4.74 Å². The second-order valence-corrected chi connectivity index (χ2v) is 5.29. The Balaban J connectivity index is 2.27. The Kier molecular flexibility index (Phi) is 3.99. The maximum Gasteiger partial charge on any atom is 0.328 e. The first-order valence-corrected chi connectivity index (χ1v) is 6.73. The van der Waals surface area contributed by atoms with E-state index >= 15 is 0 Å². The molecule has 1 unspecified atom stereocenters. The first kappa shape index (κ1) is 14.4. The number of carbonyl (C=O) groups is 3. The van der Waals surface area contributed by atoms with Gasteiger partial charge in [0.2, 0.25) is 0 Å². The molecule has 0 radical (unpaired) electrons. The van der Waals surface area contributed by atoms with Crippen LogP contribution in [0.4, 0.5) is 4.79 Å². The van der Waals surface area contributed by atoms with Gasteiger partial charge in [0.15, 0.2) is 0 Å². The number of hydrogen-bond donors (Lipinski definition) is 0. The molecule has 6 nitrogen and oxygen atoms in total. The Morgan fingerprint density at radius 1 is 1.45 bits per heavy atom. The fourth-order valence-corrected chi connectivity index (χ4v) is 2.74. The number of methoxy groups -OCH3 is 1. The third-order valence-corrected chi connectivity index (χ3v) is 3.90. The van der Waals surface area contributed by atoms with Crippen molar-refractivity contribution >= 4 is 35.0 Å². The van der Waals surface area contributed by atoms with Gasteiger partial charge in [0.05, 0.1) is 12.0 Å². The van der Waals surface area contributed by atoms with E-state index in [0.717, 1.165) is 22.4 Å². The molecule has 2 rings (SSSR count). The quantitative estimate of drug-likeness (QED) is 0.626. The van der Waals surface area contributed by atoms with Crippen LogP contribution in [-0.2, 0) is 21.4 Å². The van der Waals surface area contributed by atoms with E-state index in [1.165, 1.54) is 14.0 Å². The fourth-order valence-electron chi connectivity index (χ4n) is 1.85. The van der Waals surface area contributed by atoms with E-state index < -0.39 is 23.2 Å². The van der Waals surface area contributed by atoms with Crippen molar-refractivity contribution in [1.29, 1.82) is 0 Å². The predicted molar refractivity (Wildman–Crippen MR) is 74.7 cm³/mol. The lowest BCUT2D eigenvalue weighted by molar-refractivity contribution is -0.148. The van der Waals surface area contributed by atoms with Crippen LogP contribution in [0.2, 0.25) is 0 Å². The van der Waals surface area contributed by atoms with E-state index in [1.54, 1.807) is 6.08 Å². The molecule has 0 bridgehead atoms. The van der Waals surface area contributed by atoms with Crippen molar-refractivity contribution in [2.45, 2.75) is 13.0 Å². The zero-order valence-corrected chi connectivity index (χ0v) is 12.1. The minimum absolute atomic E-state index is 0.299. The summed E-state index contributed by atoms with van der Waals surface area (Å²) in [4.78, 5) is 36.8. The number of rotatable bonds is 3. The van der Waals surface area contributed by atoms with Gasteiger partial charge in [-0.1, -0.05) is 0 Å². The maximum atomic E-state index is 12.2. The topological polar surface area (TPSA) is 68.6 Å². The summed E-state index contributed by atoms with van der Waals surface area (Å²) in [5.41, 5.74) is 0.807. The number of ether oxygens (including phenoxy) is 1. The van der Waals surface area contributed by atoms with Crippen molar-refractivity contribution in [1.82, 2.24) is 9.47 Å². The summed E-state index contributed by atoms with van der Waals surface area (Å²) in [5.74, 6) is -1.09. The average Bonchev–Trinajstić information content (AvgIpc) is 2.93. The van der Waals surface area contributed by atoms with Crippen molar-refractivity contribution in [2.75, 3.05) is 7.11 Å². The predicted octanol–water partition coefficient (Wildman–Crippen LogP) is 1.62. The Morgan fingerprint density at radius 3 is 2.70 bits per heavy atom. The monoisotopic (exact) mass is 294 g/mol. The van der Waals surface area contributed by atoms with Crippen LogP contribution in [0, 0.1) is 0 Å². The van der Waals surface area contributed by atoms with Gasteiger partial charge >= 0.3 is 5.97 Å². The summed E-state index contributed by atoms with van der Waals surface area (Å²) < 4.78 is 6.39. The second-order valence-electron chi connectivity index (χ2n) is 4.29. The molecule has 1 saturated heterocycles. The molecule has 0 aliphatic carbocycles. The van der Waals surface area contributed by atoms with Gasteiger partial charge in [-0.25, -0.2) is 4.79 Å². The number of thioether (sulfide) groups is 1. The molecule has 2 amide bonds. The van der Waals surface area contributed by atoms with Crippen molar-refractivity contribution in [3.8, 4) is 0 Å². The Morgan fingerprint density at radius 2 is 2.15 bits per heavy atom. The number of esters is 1. The van der Waals surface area contributed by atoms with E-state index in [9.17, 15) is 14.4 Å². The lowest BCUT2D eigenvalue weighted by Crippen LogP contribution is -2.42. The molecule has 1 atom stereocenters. The molecule has 2 heterocycles. The lowest BCUT2D eigenvalue weighted by atomic mass is 10.2.